The maximum absolute atomic E-state index is 5.03. The van der Waals surface area contributed by atoms with Gasteiger partial charge >= 0.3 is 6.67 Å². The molecular formula is C24H22N4+2. The van der Waals surface area contributed by atoms with Crippen LogP contribution in [0.25, 0.3) is 10.9 Å². The predicted octanol–water partition coefficient (Wildman–Crippen LogP) is 6.21. The quantitative estimate of drug-likeness (QED) is 0.306. The Morgan fingerprint density at radius 2 is 1.71 bits per heavy atom. The van der Waals surface area contributed by atoms with Gasteiger partial charge in [-0.25, -0.2) is 9.47 Å². The Labute approximate surface area is 164 Å². The lowest BCUT2D eigenvalue weighted by molar-refractivity contribution is -0.526. The highest BCUT2D eigenvalue weighted by Crippen LogP contribution is 2.44. The molecule has 0 bridgehead atoms. The maximum Gasteiger partial charge on any atom is 0.311 e. The van der Waals surface area contributed by atoms with E-state index in [4.69, 9.17) is 5.11 Å². The number of aromatic nitrogens is 1. The smallest absolute Gasteiger partial charge is 0.249 e. The summed E-state index contributed by atoms with van der Waals surface area (Å²) in [5.41, 5.74) is 6.67. The van der Waals surface area contributed by atoms with E-state index in [-0.39, 0.29) is 0 Å². The Morgan fingerprint density at radius 1 is 0.893 bits per heavy atom. The summed E-state index contributed by atoms with van der Waals surface area (Å²) >= 11 is 0. The van der Waals surface area contributed by atoms with Crippen LogP contribution in [0.15, 0.2) is 90.2 Å². The van der Waals surface area contributed by atoms with Gasteiger partial charge < -0.3 is 0 Å². The van der Waals surface area contributed by atoms with E-state index in [0.717, 1.165) is 22.3 Å². The third-order valence-corrected chi connectivity index (χ3v) is 5.52. The average Bonchev–Trinajstić information content (AvgIpc) is 2.73. The average molecular weight is 366 g/mol. The number of nitrogens with zero attached hydrogens (tertiary/aromatic N) is 4. The summed E-state index contributed by atoms with van der Waals surface area (Å²) in [4.78, 5) is 4.64. The fourth-order valence-electron chi connectivity index (χ4n) is 4.04. The summed E-state index contributed by atoms with van der Waals surface area (Å²) < 4.78 is 2.76. The van der Waals surface area contributed by atoms with E-state index >= 15 is 0 Å². The molecule has 2 heterocycles. The zero-order chi connectivity index (χ0) is 19.1. The minimum atomic E-state index is 0.656. The fourth-order valence-corrected chi connectivity index (χ4v) is 4.04. The van der Waals surface area contributed by atoms with Crippen molar-refractivity contribution in [2.24, 2.45) is 5.11 Å². The molecule has 4 aromatic rings. The van der Waals surface area contributed by atoms with Crippen LogP contribution < -0.4 is 4.48 Å². The molecule has 0 fully saturated rings. The minimum absolute atomic E-state index is 0.656. The van der Waals surface area contributed by atoms with Crippen LogP contribution in [0, 0.1) is 6.92 Å². The molecule has 0 saturated carbocycles. The van der Waals surface area contributed by atoms with E-state index in [1.807, 2.05) is 12.3 Å². The summed E-state index contributed by atoms with van der Waals surface area (Å²) in [5.74, 6) is 0. The monoisotopic (exact) mass is 366 g/mol. The zero-order valence-corrected chi connectivity index (χ0v) is 16.1. The molecule has 136 valence electrons. The highest BCUT2D eigenvalue weighted by molar-refractivity contribution is 5.86. The van der Waals surface area contributed by atoms with Crippen LogP contribution in [-0.2, 0) is 0 Å². The van der Waals surface area contributed by atoms with Crippen LogP contribution in [-0.4, -0.2) is 23.4 Å². The highest BCUT2D eigenvalue weighted by atomic mass is 15.5. The molecule has 4 heteroatoms. The molecule has 0 N–H and O–H groups in total. The van der Waals surface area contributed by atoms with Gasteiger partial charge in [-0.15, -0.1) is 0 Å². The van der Waals surface area contributed by atoms with Crippen LogP contribution in [0.1, 0.15) is 5.56 Å². The second kappa shape index (κ2) is 6.36. The van der Waals surface area contributed by atoms with Crippen molar-refractivity contribution in [2.75, 3.05) is 13.7 Å². The summed E-state index contributed by atoms with van der Waals surface area (Å²) in [6, 6.07) is 27.5. The number of para-hydroxylation sites is 2. The first-order valence-corrected chi connectivity index (χ1v) is 9.50. The second-order valence-electron chi connectivity index (χ2n) is 7.51. The van der Waals surface area contributed by atoms with Crippen LogP contribution in [0.2, 0.25) is 0 Å². The third kappa shape index (κ3) is 2.62. The number of hydrogen-bond acceptors (Lipinski definition) is 2. The Kier molecular flexibility index (Phi) is 3.81. The van der Waals surface area contributed by atoms with Crippen molar-refractivity contribution in [3.8, 4) is 0 Å². The lowest BCUT2D eigenvalue weighted by Crippen LogP contribution is -2.46. The van der Waals surface area contributed by atoms with Crippen molar-refractivity contribution in [1.29, 1.82) is 0 Å². The van der Waals surface area contributed by atoms with Crippen LogP contribution in [0.4, 0.5) is 22.7 Å². The molecule has 0 amide bonds. The summed E-state index contributed by atoms with van der Waals surface area (Å²) in [7, 11) is 2.25. The number of rotatable bonds is 2. The lowest BCUT2D eigenvalue weighted by atomic mass is 10.1. The molecule has 1 atom stereocenters. The minimum Gasteiger partial charge on any atom is -0.249 e. The van der Waals surface area contributed by atoms with Crippen molar-refractivity contribution >= 4 is 33.7 Å². The first kappa shape index (κ1) is 16.8. The van der Waals surface area contributed by atoms with Crippen molar-refractivity contribution in [1.82, 2.24) is 9.47 Å². The summed E-state index contributed by atoms with van der Waals surface area (Å²) in [6.07, 6.45) is 1.85. The van der Waals surface area contributed by atoms with E-state index in [9.17, 15) is 0 Å². The Hall–Kier alpha value is -3.37. The molecule has 0 spiro atoms. The Balaban J connectivity index is 1.76. The van der Waals surface area contributed by atoms with Gasteiger partial charge in [-0.2, -0.15) is 0 Å². The Bertz CT molecular complexity index is 1210. The largest absolute Gasteiger partial charge is 0.311 e. The number of hydrogen-bond donors (Lipinski definition) is 0. The first-order chi connectivity index (χ1) is 13.6. The van der Waals surface area contributed by atoms with Gasteiger partial charge in [-0.05, 0) is 41.5 Å². The molecule has 28 heavy (non-hydrogen) atoms. The van der Waals surface area contributed by atoms with E-state index in [2.05, 4.69) is 96.4 Å². The molecule has 0 radical (unpaired) electrons. The highest BCUT2D eigenvalue weighted by Gasteiger charge is 2.42. The normalized spacial score (nSPS) is 18.6. The topological polar surface area (TPSA) is 28.3 Å². The summed E-state index contributed by atoms with van der Waals surface area (Å²) in [6.45, 7) is 2.82. The molecule has 1 aliphatic rings. The van der Waals surface area contributed by atoms with Crippen LogP contribution >= 0.6 is 0 Å². The maximum atomic E-state index is 5.03. The molecule has 1 unspecified atom stereocenters. The zero-order valence-electron chi connectivity index (χ0n) is 16.1. The molecule has 4 nitrogen and oxygen atoms in total. The first-order valence-electron chi connectivity index (χ1n) is 9.50. The summed E-state index contributed by atoms with van der Waals surface area (Å²) in [5, 5.41) is 6.15. The van der Waals surface area contributed by atoms with E-state index in [1.165, 1.54) is 16.9 Å². The van der Waals surface area contributed by atoms with Crippen LogP contribution in [0.3, 0.4) is 0 Å². The molecule has 1 aromatic heterocycles. The standard InChI is InChI=1S/C24H22N4/c1-18-13-14-23-21(16-18)26-27(17-28(23,2)20-10-4-3-5-11-20)22-12-6-8-19-9-7-15-25-24(19)22/h3-16H,17H2,1-2H3/q+2. The lowest BCUT2D eigenvalue weighted by Gasteiger charge is -2.33. The number of benzene rings is 3. The number of aryl methyl sites for hydroxylation is 1. The van der Waals surface area contributed by atoms with Gasteiger partial charge in [0, 0.05) is 28.8 Å². The van der Waals surface area contributed by atoms with E-state index in [1.54, 1.807) is 0 Å². The van der Waals surface area contributed by atoms with Crippen molar-refractivity contribution in [3.05, 3.63) is 90.6 Å². The van der Waals surface area contributed by atoms with Crippen molar-refractivity contribution in [2.45, 2.75) is 6.92 Å². The second-order valence-corrected chi connectivity index (χ2v) is 7.51. The molecule has 3 aromatic carbocycles. The number of quaternary nitrogens is 1. The molecular weight excluding hydrogens is 344 g/mol. The number of azo groups is 2. The van der Waals surface area contributed by atoms with Gasteiger partial charge in [0.1, 0.15) is 11.2 Å². The SMILES string of the molecule is Cc1ccc2c(c1)N=[N+](c1cccc3cccnc13)C[N+]2(C)c1ccccc1. The molecule has 5 rings (SSSR count). The molecule has 0 aliphatic carbocycles. The number of fused-ring (bicyclic) bond motifs is 2. The van der Waals surface area contributed by atoms with E-state index < -0.39 is 0 Å². The van der Waals surface area contributed by atoms with Gasteiger partial charge in [-0.3, -0.25) is 0 Å². The van der Waals surface area contributed by atoms with Gasteiger partial charge in [-0.1, -0.05) is 42.5 Å². The predicted molar refractivity (Wildman–Crippen MR) is 114 cm³/mol. The van der Waals surface area contributed by atoms with Gasteiger partial charge in [0.15, 0.2) is 11.4 Å². The van der Waals surface area contributed by atoms with Crippen molar-refractivity contribution in [3.63, 3.8) is 0 Å². The number of pyridine rings is 1. The molecule has 1 aliphatic heterocycles. The van der Waals surface area contributed by atoms with E-state index in [0.29, 0.717) is 11.2 Å². The van der Waals surface area contributed by atoms with Gasteiger partial charge in [0.25, 0.3) is 5.69 Å². The van der Waals surface area contributed by atoms with Gasteiger partial charge in [0.2, 0.25) is 0 Å². The van der Waals surface area contributed by atoms with Gasteiger partial charge in [0.05, 0.1) is 7.05 Å². The fraction of sp³-hybridized carbons (Fsp3) is 0.125. The molecule has 0 saturated heterocycles. The Morgan fingerprint density at radius 3 is 2.57 bits per heavy atom. The van der Waals surface area contributed by atoms with Crippen LogP contribution in [0.5, 0.6) is 0 Å². The third-order valence-electron chi connectivity index (χ3n) is 5.52. The van der Waals surface area contributed by atoms with Crippen molar-refractivity contribution < 1.29 is 4.70 Å².